The lowest BCUT2D eigenvalue weighted by Gasteiger charge is -2.42. The molecule has 0 aromatic heterocycles. The number of aliphatic carboxylic acids is 1. The van der Waals surface area contributed by atoms with Crippen molar-refractivity contribution in [2.24, 2.45) is 0 Å². The average Bonchev–Trinajstić information content (AvgIpc) is 2.33. The molecular formula is C9H16O9. The van der Waals surface area contributed by atoms with Crippen molar-refractivity contribution in [3.63, 3.8) is 0 Å². The van der Waals surface area contributed by atoms with Gasteiger partial charge in [-0.05, 0) is 0 Å². The molecule has 0 radical (unpaired) electrons. The highest BCUT2D eigenvalue weighted by Crippen LogP contribution is 2.30. The Labute approximate surface area is 101 Å². The number of aliphatic hydroxyl groups excluding tert-OH is 5. The minimum Gasteiger partial charge on any atom is -0.477 e. The highest BCUT2D eigenvalue weighted by molar-refractivity contribution is 5.76. The van der Waals surface area contributed by atoms with E-state index in [0.717, 1.165) is 0 Å². The van der Waals surface area contributed by atoms with Crippen LogP contribution in [0.15, 0.2) is 0 Å². The van der Waals surface area contributed by atoms with Gasteiger partial charge in [0.25, 0.3) is 5.79 Å². The standard InChI is InChI=1S/C9H16O9/c10-2-4(12)6(13)5-1-3(11)7(14)9(17,18-5)8(15)16/h3-7,10-14,17H,1-2H2,(H,15,16)/t3-,4-,5+,6+,7+,9-/m0/s1. The predicted octanol–water partition coefficient (Wildman–Crippen LogP) is -4.02. The molecule has 0 saturated carbocycles. The first-order chi connectivity index (χ1) is 8.24. The normalized spacial score (nSPS) is 40.2. The van der Waals surface area contributed by atoms with Gasteiger partial charge in [-0.15, -0.1) is 0 Å². The highest BCUT2D eigenvalue weighted by atomic mass is 16.7. The summed E-state index contributed by atoms with van der Waals surface area (Å²) < 4.78 is 4.63. The molecule has 0 unspecified atom stereocenters. The van der Waals surface area contributed by atoms with E-state index in [4.69, 9.17) is 10.2 Å². The molecule has 0 aromatic carbocycles. The zero-order chi connectivity index (χ0) is 14.1. The fourth-order valence-corrected chi connectivity index (χ4v) is 1.72. The van der Waals surface area contributed by atoms with Crippen molar-refractivity contribution in [2.75, 3.05) is 6.61 Å². The first-order valence-electron chi connectivity index (χ1n) is 5.20. The Morgan fingerprint density at radius 1 is 1.39 bits per heavy atom. The zero-order valence-electron chi connectivity index (χ0n) is 9.25. The maximum atomic E-state index is 10.8. The summed E-state index contributed by atoms with van der Waals surface area (Å²) in [6.45, 7) is -0.814. The summed E-state index contributed by atoms with van der Waals surface area (Å²) in [4.78, 5) is 10.8. The predicted molar refractivity (Wildman–Crippen MR) is 53.2 cm³/mol. The molecule has 0 aromatic rings. The van der Waals surface area contributed by atoms with Crippen LogP contribution >= 0.6 is 0 Å². The number of carbonyl (C=O) groups is 1. The summed E-state index contributed by atoms with van der Waals surface area (Å²) in [6, 6.07) is 0. The van der Waals surface area contributed by atoms with Crippen molar-refractivity contribution < 1.29 is 45.3 Å². The Morgan fingerprint density at radius 2 is 1.94 bits per heavy atom. The van der Waals surface area contributed by atoms with E-state index >= 15 is 0 Å². The Kier molecular flexibility index (Phi) is 4.61. The van der Waals surface area contributed by atoms with Crippen molar-refractivity contribution in [3.8, 4) is 0 Å². The zero-order valence-corrected chi connectivity index (χ0v) is 9.25. The van der Waals surface area contributed by atoms with E-state index in [1.165, 1.54) is 0 Å². The van der Waals surface area contributed by atoms with Crippen LogP contribution in [0, 0.1) is 0 Å². The topological polar surface area (TPSA) is 168 Å². The molecule has 1 aliphatic rings. The highest BCUT2D eigenvalue weighted by Gasteiger charge is 2.55. The lowest BCUT2D eigenvalue weighted by Crippen LogP contribution is -2.64. The quantitative estimate of drug-likeness (QED) is 0.268. The first-order valence-corrected chi connectivity index (χ1v) is 5.20. The van der Waals surface area contributed by atoms with Crippen LogP contribution in [-0.2, 0) is 9.53 Å². The third-order valence-corrected chi connectivity index (χ3v) is 2.84. The van der Waals surface area contributed by atoms with Crippen LogP contribution in [0.2, 0.25) is 0 Å². The maximum Gasteiger partial charge on any atom is 0.367 e. The second-order valence-corrected chi connectivity index (χ2v) is 4.15. The molecule has 0 amide bonds. The fourth-order valence-electron chi connectivity index (χ4n) is 1.72. The van der Waals surface area contributed by atoms with Crippen LogP contribution in [0.3, 0.4) is 0 Å². The molecule has 0 spiro atoms. The molecule has 1 rings (SSSR count). The number of ether oxygens (including phenoxy) is 1. The van der Waals surface area contributed by atoms with Gasteiger partial charge >= 0.3 is 5.97 Å². The fraction of sp³-hybridized carbons (Fsp3) is 0.889. The molecule has 6 atom stereocenters. The van der Waals surface area contributed by atoms with Crippen molar-refractivity contribution >= 4 is 5.97 Å². The van der Waals surface area contributed by atoms with Gasteiger partial charge in [-0.1, -0.05) is 0 Å². The third-order valence-electron chi connectivity index (χ3n) is 2.84. The molecule has 1 heterocycles. The number of hydrogen-bond acceptors (Lipinski definition) is 8. The summed E-state index contributed by atoms with van der Waals surface area (Å²) in [5, 5.41) is 64.5. The van der Waals surface area contributed by atoms with Crippen LogP contribution in [0.25, 0.3) is 0 Å². The number of carboxylic acid groups (broad SMARTS) is 1. The van der Waals surface area contributed by atoms with Crippen molar-refractivity contribution in [1.82, 2.24) is 0 Å². The Bertz CT molecular complexity index is 308. The van der Waals surface area contributed by atoms with Gasteiger partial charge in [0, 0.05) is 6.42 Å². The maximum absolute atomic E-state index is 10.8. The van der Waals surface area contributed by atoms with Gasteiger partial charge < -0.3 is 40.5 Å². The molecular weight excluding hydrogens is 252 g/mol. The Hall–Kier alpha value is -0.810. The molecule has 106 valence electrons. The van der Waals surface area contributed by atoms with Gasteiger partial charge in [-0.25, -0.2) is 4.79 Å². The van der Waals surface area contributed by atoms with E-state index in [0.29, 0.717) is 0 Å². The average molecular weight is 268 g/mol. The molecule has 9 nitrogen and oxygen atoms in total. The van der Waals surface area contributed by atoms with E-state index < -0.39 is 55.3 Å². The molecule has 0 aliphatic carbocycles. The summed E-state index contributed by atoms with van der Waals surface area (Å²) in [6.07, 6.45) is -8.96. The van der Waals surface area contributed by atoms with Crippen molar-refractivity contribution in [3.05, 3.63) is 0 Å². The largest absolute Gasteiger partial charge is 0.477 e. The number of carboxylic acids is 1. The summed E-state index contributed by atoms with van der Waals surface area (Å²) in [5.41, 5.74) is 0. The number of aliphatic hydroxyl groups is 6. The summed E-state index contributed by atoms with van der Waals surface area (Å²) in [7, 11) is 0. The second-order valence-electron chi connectivity index (χ2n) is 4.15. The van der Waals surface area contributed by atoms with Crippen LogP contribution in [0.1, 0.15) is 6.42 Å². The van der Waals surface area contributed by atoms with Crippen LogP contribution in [0.4, 0.5) is 0 Å². The SMILES string of the molecule is O=C(O)[C@@]1(O)O[C@@H]([C@H](O)[C@@H](O)CO)C[C@H](O)[C@H]1O. The van der Waals surface area contributed by atoms with E-state index in [1.54, 1.807) is 0 Å². The summed E-state index contributed by atoms with van der Waals surface area (Å²) >= 11 is 0. The van der Waals surface area contributed by atoms with Gasteiger partial charge in [0.05, 0.1) is 18.8 Å². The minimum absolute atomic E-state index is 0.408. The molecule has 1 saturated heterocycles. The van der Waals surface area contributed by atoms with Gasteiger partial charge in [0.1, 0.15) is 18.3 Å². The van der Waals surface area contributed by atoms with Gasteiger partial charge in [-0.3, -0.25) is 0 Å². The van der Waals surface area contributed by atoms with Gasteiger partial charge in [0.15, 0.2) is 0 Å². The van der Waals surface area contributed by atoms with E-state index in [2.05, 4.69) is 4.74 Å². The molecule has 1 fully saturated rings. The smallest absolute Gasteiger partial charge is 0.367 e. The number of rotatable bonds is 4. The van der Waals surface area contributed by atoms with Gasteiger partial charge in [-0.2, -0.15) is 0 Å². The lowest BCUT2D eigenvalue weighted by atomic mass is 9.91. The van der Waals surface area contributed by atoms with E-state index in [-0.39, 0.29) is 0 Å². The Morgan fingerprint density at radius 3 is 2.39 bits per heavy atom. The molecule has 1 aliphatic heterocycles. The van der Waals surface area contributed by atoms with Crippen molar-refractivity contribution in [2.45, 2.75) is 42.7 Å². The lowest BCUT2D eigenvalue weighted by molar-refractivity contribution is -0.326. The minimum atomic E-state index is -3.08. The molecule has 18 heavy (non-hydrogen) atoms. The summed E-state index contributed by atoms with van der Waals surface area (Å²) in [5.74, 6) is -5.03. The van der Waals surface area contributed by atoms with Gasteiger partial charge in [0.2, 0.25) is 0 Å². The Balaban J connectivity index is 2.90. The molecule has 9 heteroatoms. The van der Waals surface area contributed by atoms with E-state index in [1.807, 2.05) is 0 Å². The third kappa shape index (κ3) is 2.62. The van der Waals surface area contributed by atoms with Crippen LogP contribution < -0.4 is 0 Å². The van der Waals surface area contributed by atoms with Crippen molar-refractivity contribution in [1.29, 1.82) is 0 Å². The van der Waals surface area contributed by atoms with Crippen LogP contribution in [-0.4, -0.2) is 84.6 Å². The first kappa shape index (κ1) is 15.2. The van der Waals surface area contributed by atoms with E-state index in [9.17, 15) is 30.3 Å². The monoisotopic (exact) mass is 268 g/mol. The van der Waals surface area contributed by atoms with Crippen LogP contribution in [0.5, 0.6) is 0 Å². The number of hydrogen-bond donors (Lipinski definition) is 7. The molecule has 0 bridgehead atoms. The molecule has 7 N–H and O–H groups in total. The second kappa shape index (κ2) is 5.45.